The van der Waals surface area contributed by atoms with Crippen LogP contribution in [0, 0.1) is 5.92 Å². The molecule has 1 amide bonds. The van der Waals surface area contributed by atoms with Crippen LogP contribution in [0.1, 0.15) is 31.4 Å². The monoisotopic (exact) mass is 262 g/mol. The average molecular weight is 262 g/mol. The second-order valence-electron chi connectivity index (χ2n) is 4.96. The lowest BCUT2D eigenvalue weighted by molar-refractivity contribution is -0.142. The Morgan fingerprint density at radius 2 is 2.21 bits per heavy atom. The lowest BCUT2D eigenvalue weighted by Gasteiger charge is -2.13. The predicted octanol–water partition coefficient (Wildman–Crippen LogP) is 1.38. The number of hydrogen-bond acceptors (Lipinski definition) is 3. The Balaban J connectivity index is 1.77. The molecule has 0 saturated heterocycles. The van der Waals surface area contributed by atoms with Crippen molar-refractivity contribution in [3.63, 3.8) is 0 Å². The molecule has 19 heavy (non-hydrogen) atoms. The molecule has 1 heterocycles. The maximum absolute atomic E-state index is 11.7. The first kappa shape index (κ1) is 13.5. The summed E-state index contributed by atoms with van der Waals surface area (Å²) in [4.78, 5) is 26.9. The third-order valence-electron chi connectivity index (χ3n) is 3.23. The molecule has 0 spiro atoms. The molecule has 2 rings (SSSR count). The highest BCUT2D eigenvalue weighted by atomic mass is 16.4. The summed E-state index contributed by atoms with van der Waals surface area (Å²) in [6, 6.07) is 4.79. The minimum atomic E-state index is -0.946. The van der Waals surface area contributed by atoms with E-state index in [4.69, 9.17) is 5.11 Å². The quantitative estimate of drug-likeness (QED) is 0.778. The number of hydrogen-bond donors (Lipinski definition) is 2. The summed E-state index contributed by atoms with van der Waals surface area (Å²) in [5, 5.41) is 11.6. The summed E-state index contributed by atoms with van der Waals surface area (Å²) < 4.78 is 0. The van der Waals surface area contributed by atoms with Gasteiger partial charge in [-0.2, -0.15) is 0 Å². The number of carboxylic acids is 1. The number of carboxylic acid groups (broad SMARTS) is 1. The number of carbonyl (C=O) groups is 2. The van der Waals surface area contributed by atoms with Gasteiger partial charge in [-0.25, -0.2) is 4.79 Å². The van der Waals surface area contributed by atoms with E-state index in [-0.39, 0.29) is 12.3 Å². The fourth-order valence-corrected chi connectivity index (χ4v) is 1.96. The molecular weight excluding hydrogens is 244 g/mol. The van der Waals surface area contributed by atoms with E-state index in [1.807, 2.05) is 18.2 Å². The summed E-state index contributed by atoms with van der Waals surface area (Å²) in [5.74, 6) is -0.700. The van der Waals surface area contributed by atoms with E-state index < -0.39 is 12.0 Å². The van der Waals surface area contributed by atoms with Gasteiger partial charge in [-0.3, -0.25) is 9.78 Å². The number of nitrogens with one attached hydrogen (secondary N) is 1. The van der Waals surface area contributed by atoms with Crippen LogP contribution in [-0.2, 0) is 16.0 Å². The molecule has 1 aromatic rings. The zero-order valence-corrected chi connectivity index (χ0v) is 10.7. The molecule has 102 valence electrons. The van der Waals surface area contributed by atoms with Crippen LogP contribution in [-0.4, -0.2) is 28.0 Å². The third-order valence-corrected chi connectivity index (χ3v) is 3.23. The van der Waals surface area contributed by atoms with Gasteiger partial charge < -0.3 is 10.4 Å². The summed E-state index contributed by atoms with van der Waals surface area (Å²) in [6.07, 6.45) is 5.18. The van der Waals surface area contributed by atoms with Gasteiger partial charge >= 0.3 is 5.97 Å². The first-order valence-electron chi connectivity index (χ1n) is 6.57. The summed E-state index contributed by atoms with van der Waals surface area (Å²) in [5.41, 5.74) is 0.840. The van der Waals surface area contributed by atoms with Crippen LogP contribution in [0.2, 0.25) is 0 Å². The molecule has 5 nitrogen and oxygen atoms in total. The van der Waals surface area contributed by atoms with Gasteiger partial charge in [-0.1, -0.05) is 18.9 Å². The molecule has 0 radical (unpaired) electrons. The molecular formula is C14H18N2O3. The molecule has 1 saturated carbocycles. The van der Waals surface area contributed by atoms with Gasteiger partial charge in [-0.05, 0) is 30.9 Å². The smallest absolute Gasteiger partial charge is 0.326 e. The first-order valence-corrected chi connectivity index (χ1v) is 6.57. The molecule has 0 aliphatic heterocycles. The molecule has 1 fully saturated rings. The average Bonchev–Trinajstić information content (AvgIpc) is 3.21. The molecule has 1 unspecified atom stereocenters. The van der Waals surface area contributed by atoms with E-state index in [0.29, 0.717) is 18.8 Å². The lowest BCUT2D eigenvalue weighted by atomic mass is 10.1. The Hall–Kier alpha value is -1.91. The van der Waals surface area contributed by atoms with E-state index in [9.17, 15) is 9.59 Å². The maximum Gasteiger partial charge on any atom is 0.326 e. The van der Waals surface area contributed by atoms with Crippen molar-refractivity contribution in [1.29, 1.82) is 0 Å². The van der Waals surface area contributed by atoms with E-state index >= 15 is 0 Å². The standard InChI is InChI=1S/C14H18N2O3/c17-13(7-6-11-3-1-2-8-15-11)16-12(14(18)19)9-10-4-5-10/h1-3,8,10,12H,4-7,9H2,(H,16,17)(H,18,19). The normalized spacial score (nSPS) is 15.8. The van der Waals surface area contributed by atoms with Crippen LogP contribution in [0.5, 0.6) is 0 Å². The second-order valence-corrected chi connectivity index (χ2v) is 4.96. The van der Waals surface area contributed by atoms with Gasteiger partial charge in [0.2, 0.25) is 5.91 Å². The Bertz CT molecular complexity index is 443. The van der Waals surface area contributed by atoms with Gasteiger partial charge in [-0.15, -0.1) is 0 Å². The van der Waals surface area contributed by atoms with Crippen molar-refractivity contribution >= 4 is 11.9 Å². The van der Waals surface area contributed by atoms with Crippen molar-refractivity contribution < 1.29 is 14.7 Å². The van der Waals surface area contributed by atoms with Crippen molar-refractivity contribution in [2.45, 2.75) is 38.1 Å². The molecule has 1 aliphatic rings. The topological polar surface area (TPSA) is 79.3 Å². The van der Waals surface area contributed by atoms with E-state index in [2.05, 4.69) is 10.3 Å². The minimum absolute atomic E-state index is 0.223. The van der Waals surface area contributed by atoms with Crippen molar-refractivity contribution in [3.05, 3.63) is 30.1 Å². The predicted molar refractivity (Wildman–Crippen MR) is 69.5 cm³/mol. The number of nitrogens with zero attached hydrogens (tertiary/aromatic N) is 1. The van der Waals surface area contributed by atoms with E-state index in [1.54, 1.807) is 6.20 Å². The van der Waals surface area contributed by atoms with Gasteiger partial charge in [0.05, 0.1) is 0 Å². The molecule has 0 aromatic carbocycles. The number of rotatable bonds is 7. The number of amides is 1. The Kier molecular flexibility index (Phi) is 4.49. The summed E-state index contributed by atoms with van der Waals surface area (Å²) in [6.45, 7) is 0. The van der Waals surface area contributed by atoms with Gasteiger partial charge in [0, 0.05) is 18.3 Å². The van der Waals surface area contributed by atoms with Crippen LogP contribution in [0.4, 0.5) is 0 Å². The number of carbonyl (C=O) groups excluding carboxylic acids is 1. The first-order chi connectivity index (χ1) is 9.15. The SMILES string of the molecule is O=C(CCc1ccccn1)NC(CC1CC1)C(=O)O. The molecule has 1 aliphatic carbocycles. The van der Waals surface area contributed by atoms with E-state index in [0.717, 1.165) is 18.5 Å². The Labute approximate surface area is 112 Å². The van der Waals surface area contributed by atoms with Gasteiger partial charge in [0.1, 0.15) is 6.04 Å². The van der Waals surface area contributed by atoms with Crippen LogP contribution < -0.4 is 5.32 Å². The molecule has 5 heteroatoms. The van der Waals surface area contributed by atoms with Crippen molar-refractivity contribution in [2.24, 2.45) is 5.92 Å². The molecule has 0 bridgehead atoms. The van der Waals surface area contributed by atoms with Crippen LogP contribution >= 0.6 is 0 Å². The maximum atomic E-state index is 11.7. The summed E-state index contributed by atoms with van der Waals surface area (Å²) >= 11 is 0. The Morgan fingerprint density at radius 1 is 1.42 bits per heavy atom. The minimum Gasteiger partial charge on any atom is -0.480 e. The number of aliphatic carboxylic acids is 1. The Morgan fingerprint density at radius 3 is 2.79 bits per heavy atom. The molecule has 2 N–H and O–H groups in total. The fraction of sp³-hybridized carbons (Fsp3) is 0.500. The zero-order chi connectivity index (χ0) is 13.7. The number of pyridine rings is 1. The van der Waals surface area contributed by atoms with Crippen LogP contribution in [0.25, 0.3) is 0 Å². The second kappa shape index (κ2) is 6.31. The highest BCUT2D eigenvalue weighted by molar-refractivity contribution is 5.83. The van der Waals surface area contributed by atoms with Crippen molar-refractivity contribution in [3.8, 4) is 0 Å². The van der Waals surface area contributed by atoms with Gasteiger partial charge in [0.15, 0.2) is 0 Å². The van der Waals surface area contributed by atoms with Crippen LogP contribution in [0.3, 0.4) is 0 Å². The number of aromatic nitrogens is 1. The zero-order valence-electron chi connectivity index (χ0n) is 10.7. The van der Waals surface area contributed by atoms with Gasteiger partial charge in [0.25, 0.3) is 0 Å². The van der Waals surface area contributed by atoms with Crippen molar-refractivity contribution in [1.82, 2.24) is 10.3 Å². The highest BCUT2D eigenvalue weighted by Gasteiger charge is 2.29. The third kappa shape index (κ3) is 4.69. The fourth-order valence-electron chi connectivity index (χ4n) is 1.96. The van der Waals surface area contributed by atoms with Crippen molar-refractivity contribution in [2.75, 3.05) is 0 Å². The lowest BCUT2D eigenvalue weighted by Crippen LogP contribution is -2.41. The van der Waals surface area contributed by atoms with E-state index in [1.165, 1.54) is 0 Å². The largest absolute Gasteiger partial charge is 0.480 e. The number of aryl methyl sites for hydroxylation is 1. The molecule has 1 aromatic heterocycles. The summed E-state index contributed by atoms with van der Waals surface area (Å²) in [7, 11) is 0. The highest BCUT2D eigenvalue weighted by Crippen LogP contribution is 2.33. The molecule has 1 atom stereocenters. The van der Waals surface area contributed by atoms with Crippen LogP contribution in [0.15, 0.2) is 24.4 Å².